The lowest BCUT2D eigenvalue weighted by molar-refractivity contribution is -0.132. The van der Waals surface area contributed by atoms with E-state index >= 15 is 0 Å². The smallest absolute Gasteiger partial charge is 0.325 e. The molecule has 170 valence electrons. The molecule has 2 fully saturated rings. The third-order valence-corrected chi connectivity index (χ3v) is 6.27. The number of imide groups is 1. The zero-order valence-corrected chi connectivity index (χ0v) is 18.2. The first kappa shape index (κ1) is 22.4. The fraction of sp³-hybridized carbons (Fsp3) is 0.417. The maximum Gasteiger partial charge on any atom is 0.325 e. The molecule has 2 saturated heterocycles. The number of carbonyl (C=O) groups excluding carboxylic acids is 2. The number of rotatable bonds is 7. The minimum Gasteiger partial charge on any atom is -0.390 e. The van der Waals surface area contributed by atoms with Crippen molar-refractivity contribution < 1.29 is 19.1 Å². The number of carbonyl (C=O) groups is 2. The van der Waals surface area contributed by atoms with Crippen LogP contribution in [0.3, 0.4) is 0 Å². The Hall–Kier alpha value is -2.81. The Labute approximate surface area is 187 Å². The van der Waals surface area contributed by atoms with Gasteiger partial charge in [-0.25, -0.2) is 9.18 Å². The van der Waals surface area contributed by atoms with Gasteiger partial charge in [0.1, 0.15) is 11.4 Å². The van der Waals surface area contributed by atoms with Gasteiger partial charge in [-0.1, -0.05) is 42.5 Å². The number of β-amino-alcohol motifs (C(OH)–C–C–N with tert-alkyl or cyclic N) is 1. The van der Waals surface area contributed by atoms with Crippen LogP contribution in [-0.2, 0) is 16.9 Å². The molecule has 32 heavy (non-hydrogen) atoms. The van der Waals surface area contributed by atoms with Crippen molar-refractivity contribution >= 4 is 11.9 Å². The topological polar surface area (TPSA) is 76.1 Å². The molecule has 2 heterocycles. The summed E-state index contributed by atoms with van der Waals surface area (Å²) in [6, 6.07) is 15.3. The van der Waals surface area contributed by atoms with Crippen LogP contribution in [0.15, 0.2) is 54.6 Å². The van der Waals surface area contributed by atoms with Crippen LogP contribution in [0.5, 0.6) is 0 Å². The number of nitrogens with one attached hydrogen (secondary N) is 1. The molecule has 8 heteroatoms. The molecule has 0 radical (unpaired) electrons. The van der Waals surface area contributed by atoms with Crippen molar-refractivity contribution in [2.24, 2.45) is 0 Å². The first-order valence-corrected chi connectivity index (χ1v) is 10.9. The van der Waals surface area contributed by atoms with Gasteiger partial charge in [-0.05, 0) is 30.2 Å². The zero-order chi connectivity index (χ0) is 22.7. The number of aliphatic hydroxyl groups is 1. The highest BCUT2D eigenvalue weighted by molar-refractivity contribution is 6.07. The number of aliphatic hydroxyl groups excluding tert-OH is 1. The van der Waals surface area contributed by atoms with Crippen LogP contribution in [0.2, 0.25) is 0 Å². The summed E-state index contributed by atoms with van der Waals surface area (Å²) < 4.78 is 13.3. The summed E-state index contributed by atoms with van der Waals surface area (Å²) in [5.41, 5.74) is 0.514. The molecule has 2 aliphatic heterocycles. The lowest BCUT2D eigenvalue weighted by Crippen LogP contribution is -2.50. The quantitative estimate of drug-likeness (QED) is 0.642. The molecule has 3 amide bonds. The second-order valence-electron chi connectivity index (χ2n) is 8.69. The van der Waals surface area contributed by atoms with Crippen molar-refractivity contribution in [3.63, 3.8) is 0 Å². The number of halogens is 1. The molecule has 0 aromatic heterocycles. The molecule has 0 saturated carbocycles. The molecule has 2 aromatic carbocycles. The lowest BCUT2D eigenvalue weighted by atomic mass is 9.92. The predicted octanol–water partition coefficient (Wildman–Crippen LogP) is 1.77. The minimum atomic E-state index is -1.27. The zero-order valence-electron chi connectivity index (χ0n) is 18.2. The van der Waals surface area contributed by atoms with Gasteiger partial charge in [0.25, 0.3) is 5.91 Å². The van der Waals surface area contributed by atoms with Crippen LogP contribution in [0, 0.1) is 5.82 Å². The van der Waals surface area contributed by atoms with Gasteiger partial charge >= 0.3 is 6.03 Å². The van der Waals surface area contributed by atoms with E-state index in [9.17, 15) is 19.1 Å². The molecule has 7 nitrogen and oxygen atoms in total. The fourth-order valence-electron chi connectivity index (χ4n) is 4.38. The normalized spacial score (nSPS) is 23.4. The fourth-order valence-corrected chi connectivity index (χ4v) is 4.38. The van der Waals surface area contributed by atoms with Gasteiger partial charge < -0.3 is 10.4 Å². The Balaban J connectivity index is 1.29. The average molecular weight is 441 g/mol. The van der Waals surface area contributed by atoms with E-state index in [1.165, 1.54) is 29.8 Å². The monoisotopic (exact) mass is 440 g/mol. The second kappa shape index (κ2) is 9.36. The first-order chi connectivity index (χ1) is 15.3. The van der Waals surface area contributed by atoms with Gasteiger partial charge in [-0.3, -0.25) is 19.5 Å². The van der Waals surface area contributed by atoms with Crippen LogP contribution in [0.25, 0.3) is 0 Å². The maximum atomic E-state index is 13.3. The third kappa shape index (κ3) is 4.82. The van der Waals surface area contributed by atoms with Crippen molar-refractivity contribution in [1.29, 1.82) is 0 Å². The Morgan fingerprint density at radius 1 is 0.969 bits per heavy atom. The van der Waals surface area contributed by atoms with E-state index in [1.807, 2.05) is 18.2 Å². The molecule has 2 aromatic rings. The van der Waals surface area contributed by atoms with Crippen LogP contribution >= 0.6 is 0 Å². The molecule has 2 unspecified atom stereocenters. The van der Waals surface area contributed by atoms with Crippen LogP contribution in [0.4, 0.5) is 9.18 Å². The van der Waals surface area contributed by atoms with E-state index in [4.69, 9.17) is 0 Å². The van der Waals surface area contributed by atoms with E-state index < -0.39 is 29.4 Å². The highest BCUT2D eigenvalue weighted by atomic mass is 19.1. The number of urea groups is 1. The summed E-state index contributed by atoms with van der Waals surface area (Å²) >= 11 is 0. The van der Waals surface area contributed by atoms with Gasteiger partial charge in [0.2, 0.25) is 0 Å². The first-order valence-electron chi connectivity index (χ1n) is 10.9. The van der Waals surface area contributed by atoms with Crippen molar-refractivity contribution in [3.8, 4) is 0 Å². The molecule has 2 aliphatic rings. The number of nitrogens with zero attached hydrogens (tertiary/aromatic N) is 3. The third-order valence-electron chi connectivity index (χ3n) is 6.27. The highest BCUT2D eigenvalue weighted by Crippen LogP contribution is 2.29. The van der Waals surface area contributed by atoms with E-state index in [0.717, 1.165) is 37.6 Å². The van der Waals surface area contributed by atoms with Crippen LogP contribution in [0.1, 0.15) is 18.1 Å². The summed E-state index contributed by atoms with van der Waals surface area (Å²) in [6.07, 6.45) is -0.846. The average Bonchev–Trinajstić information content (AvgIpc) is 3.00. The van der Waals surface area contributed by atoms with Crippen molar-refractivity contribution in [2.45, 2.75) is 25.1 Å². The number of hydrogen-bond donors (Lipinski definition) is 2. The molecule has 4 rings (SSSR count). The Morgan fingerprint density at radius 3 is 2.25 bits per heavy atom. The van der Waals surface area contributed by atoms with Gasteiger partial charge in [0, 0.05) is 39.3 Å². The largest absolute Gasteiger partial charge is 0.390 e. The minimum absolute atomic E-state index is 0.0777. The maximum absolute atomic E-state index is 13.3. The standard InChI is InChI=1S/C24H29FN4O3/c1-24(19-7-9-20(25)10-8-19)22(31)29(23(32)26-24)17-21(30)16-28-13-11-27(12-14-28)15-18-5-3-2-4-6-18/h2-10,21,30H,11-17H2,1H3,(H,26,32). The second-order valence-corrected chi connectivity index (χ2v) is 8.69. The van der Waals surface area contributed by atoms with E-state index in [1.54, 1.807) is 6.92 Å². The Kier molecular flexibility index (Phi) is 6.55. The SMILES string of the molecule is CC1(c2ccc(F)cc2)NC(=O)N(CC(O)CN2CCN(Cc3ccccc3)CC2)C1=O. The van der Waals surface area contributed by atoms with Crippen LogP contribution in [-0.4, -0.2) is 77.1 Å². The molecule has 2 N–H and O–H groups in total. The molecular weight excluding hydrogens is 411 g/mol. The molecule has 0 aliphatic carbocycles. The lowest BCUT2D eigenvalue weighted by Gasteiger charge is -2.36. The van der Waals surface area contributed by atoms with E-state index in [2.05, 4.69) is 27.2 Å². The number of benzene rings is 2. The van der Waals surface area contributed by atoms with E-state index in [-0.39, 0.29) is 6.54 Å². The van der Waals surface area contributed by atoms with Gasteiger partial charge in [0.15, 0.2) is 0 Å². The van der Waals surface area contributed by atoms with Crippen molar-refractivity contribution in [3.05, 3.63) is 71.5 Å². The van der Waals surface area contributed by atoms with Crippen LogP contribution < -0.4 is 5.32 Å². The highest BCUT2D eigenvalue weighted by Gasteiger charge is 2.49. The summed E-state index contributed by atoms with van der Waals surface area (Å²) in [6.45, 7) is 6.24. The van der Waals surface area contributed by atoms with Crippen molar-refractivity contribution in [1.82, 2.24) is 20.0 Å². The Morgan fingerprint density at radius 2 is 1.59 bits per heavy atom. The number of piperazine rings is 1. The van der Waals surface area contributed by atoms with Gasteiger partial charge in [-0.15, -0.1) is 0 Å². The number of amides is 3. The predicted molar refractivity (Wildman–Crippen MR) is 118 cm³/mol. The summed E-state index contributed by atoms with van der Waals surface area (Å²) in [7, 11) is 0. The van der Waals surface area contributed by atoms with Crippen molar-refractivity contribution in [2.75, 3.05) is 39.3 Å². The van der Waals surface area contributed by atoms with E-state index in [0.29, 0.717) is 12.1 Å². The number of hydrogen-bond acceptors (Lipinski definition) is 5. The van der Waals surface area contributed by atoms with Gasteiger partial charge in [0.05, 0.1) is 12.6 Å². The van der Waals surface area contributed by atoms with Gasteiger partial charge in [-0.2, -0.15) is 0 Å². The summed E-state index contributed by atoms with van der Waals surface area (Å²) in [5.74, 6) is -0.855. The molecule has 0 bridgehead atoms. The summed E-state index contributed by atoms with van der Waals surface area (Å²) in [5, 5.41) is 13.3. The summed E-state index contributed by atoms with van der Waals surface area (Å²) in [4.78, 5) is 31.0. The molecule has 0 spiro atoms. The molecule has 2 atom stereocenters. The molecular formula is C24H29FN4O3. The Bertz CT molecular complexity index is 947.